The van der Waals surface area contributed by atoms with Crippen LogP contribution < -0.4 is 15.4 Å². The largest absolute Gasteiger partial charge is 0.478 e. The average molecular weight is 238 g/mol. The van der Waals surface area contributed by atoms with Gasteiger partial charge in [0, 0.05) is 25.9 Å². The maximum atomic E-state index is 5.72. The van der Waals surface area contributed by atoms with E-state index in [9.17, 15) is 0 Å². The lowest BCUT2D eigenvalue weighted by Crippen LogP contribution is -2.37. The minimum atomic E-state index is 0.0414. The first-order chi connectivity index (χ1) is 7.98. The highest BCUT2D eigenvalue weighted by Crippen LogP contribution is 2.18. The van der Waals surface area contributed by atoms with Crippen LogP contribution in [-0.2, 0) is 0 Å². The zero-order chi connectivity index (χ0) is 12.9. The van der Waals surface area contributed by atoms with Gasteiger partial charge in [0.1, 0.15) is 0 Å². The van der Waals surface area contributed by atoms with Crippen LogP contribution in [0.25, 0.3) is 0 Å². The van der Waals surface area contributed by atoms with Crippen LogP contribution in [0.15, 0.2) is 12.3 Å². The third kappa shape index (κ3) is 4.19. The summed E-state index contributed by atoms with van der Waals surface area (Å²) >= 11 is 0. The molecule has 0 radical (unpaired) electrons. The molecular formula is C12H22N4O. The number of aromatic nitrogens is 2. The van der Waals surface area contributed by atoms with Crippen LogP contribution >= 0.6 is 0 Å². The van der Waals surface area contributed by atoms with Crippen molar-refractivity contribution in [1.82, 2.24) is 9.97 Å². The Morgan fingerprint density at radius 2 is 2.18 bits per heavy atom. The number of hydrogen-bond acceptors (Lipinski definition) is 5. The second-order valence-corrected chi connectivity index (χ2v) is 4.85. The van der Waals surface area contributed by atoms with Crippen LogP contribution in [0.1, 0.15) is 20.8 Å². The van der Waals surface area contributed by atoms with E-state index < -0.39 is 0 Å². The standard InChI is InChI=1S/C12H22N4O/c1-5-17-10-6-7-14-11(15-10)16(4)9-12(2,3)8-13/h6-7H,5,8-9,13H2,1-4H3. The Kier molecular flexibility index (Phi) is 4.69. The summed E-state index contributed by atoms with van der Waals surface area (Å²) in [4.78, 5) is 10.6. The molecule has 0 aliphatic carbocycles. The Morgan fingerprint density at radius 3 is 2.76 bits per heavy atom. The number of rotatable bonds is 6. The first kappa shape index (κ1) is 13.7. The lowest BCUT2D eigenvalue weighted by molar-refractivity contribution is 0.325. The molecule has 0 aliphatic heterocycles. The monoisotopic (exact) mass is 238 g/mol. The van der Waals surface area contributed by atoms with Gasteiger partial charge in [-0.1, -0.05) is 13.8 Å². The van der Waals surface area contributed by atoms with Gasteiger partial charge in [0.2, 0.25) is 11.8 Å². The fourth-order valence-corrected chi connectivity index (χ4v) is 1.52. The van der Waals surface area contributed by atoms with E-state index in [0.29, 0.717) is 25.0 Å². The molecule has 5 nitrogen and oxygen atoms in total. The molecule has 0 saturated carbocycles. The second-order valence-electron chi connectivity index (χ2n) is 4.85. The molecule has 1 heterocycles. The topological polar surface area (TPSA) is 64.3 Å². The van der Waals surface area contributed by atoms with Crippen molar-refractivity contribution in [2.24, 2.45) is 11.1 Å². The summed E-state index contributed by atoms with van der Waals surface area (Å²) in [6.45, 7) is 8.21. The molecular weight excluding hydrogens is 216 g/mol. The Morgan fingerprint density at radius 1 is 1.47 bits per heavy atom. The van der Waals surface area contributed by atoms with Gasteiger partial charge in [0.25, 0.3) is 0 Å². The highest BCUT2D eigenvalue weighted by atomic mass is 16.5. The van der Waals surface area contributed by atoms with Crippen LogP contribution in [0.3, 0.4) is 0 Å². The second kappa shape index (κ2) is 5.82. The van der Waals surface area contributed by atoms with Crippen LogP contribution in [-0.4, -0.2) is 36.7 Å². The summed E-state index contributed by atoms with van der Waals surface area (Å²) in [5.74, 6) is 1.27. The van der Waals surface area contributed by atoms with Gasteiger partial charge in [-0.25, -0.2) is 4.98 Å². The van der Waals surface area contributed by atoms with E-state index >= 15 is 0 Å². The Labute approximate surface area is 103 Å². The number of nitrogens with zero attached hydrogens (tertiary/aromatic N) is 3. The van der Waals surface area contributed by atoms with E-state index in [2.05, 4.69) is 23.8 Å². The van der Waals surface area contributed by atoms with Crippen LogP contribution in [0.5, 0.6) is 5.88 Å². The summed E-state index contributed by atoms with van der Waals surface area (Å²) in [7, 11) is 1.96. The molecule has 0 fully saturated rings. The van der Waals surface area contributed by atoms with Gasteiger partial charge < -0.3 is 15.4 Å². The van der Waals surface area contributed by atoms with E-state index in [0.717, 1.165) is 6.54 Å². The predicted molar refractivity (Wildman–Crippen MR) is 69.3 cm³/mol. The SMILES string of the molecule is CCOc1ccnc(N(C)CC(C)(C)CN)n1. The summed E-state index contributed by atoms with van der Waals surface area (Å²) in [6.07, 6.45) is 1.71. The highest BCUT2D eigenvalue weighted by molar-refractivity contribution is 5.31. The minimum Gasteiger partial charge on any atom is -0.478 e. The van der Waals surface area contributed by atoms with Crippen molar-refractivity contribution < 1.29 is 4.74 Å². The van der Waals surface area contributed by atoms with E-state index in [1.54, 1.807) is 12.3 Å². The molecule has 0 unspecified atom stereocenters. The molecule has 96 valence electrons. The van der Waals surface area contributed by atoms with Crippen molar-refractivity contribution in [3.63, 3.8) is 0 Å². The predicted octanol–water partition coefficient (Wildman–Crippen LogP) is 1.30. The average Bonchev–Trinajstić information content (AvgIpc) is 2.29. The molecule has 0 amide bonds. The minimum absolute atomic E-state index is 0.0414. The van der Waals surface area contributed by atoms with Crippen LogP contribution in [0, 0.1) is 5.41 Å². The number of anilines is 1. The Bertz CT molecular complexity index is 354. The number of ether oxygens (including phenoxy) is 1. The lowest BCUT2D eigenvalue weighted by atomic mass is 9.93. The van der Waals surface area contributed by atoms with Crippen LogP contribution in [0.2, 0.25) is 0 Å². The molecule has 1 aromatic heterocycles. The van der Waals surface area contributed by atoms with Crippen LogP contribution in [0.4, 0.5) is 5.95 Å². The Balaban J connectivity index is 2.74. The van der Waals surface area contributed by atoms with Crippen molar-refractivity contribution in [2.45, 2.75) is 20.8 Å². The summed E-state index contributed by atoms with van der Waals surface area (Å²) in [5, 5.41) is 0. The zero-order valence-electron chi connectivity index (χ0n) is 11.1. The molecule has 0 atom stereocenters. The first-order valence-electron chi connectivity index (χ1n) is 5.85. The van der Waals surface area contributed by atoms with Crippen molar-refractivity contribution in [3.05, 3.63) is 12.3 Å². The summed E-state index contributed by atoms with van der Waals surface area (Å²) in [5.41, 5.74) is 5.76. The van der Waals surface area contributed by atoms with Gasteiger partial charge in [-0.2, -0.15) is 4.98 Å². The number of nitrogens with two attached hydrogens (primary N) is 1. The third-order valence-electron chi connectivity index (χ3n) is 2.47. The molecule has 5 heteroatoms. The first-order valence-corrected chi connectivity index (χ1v) is 5.85. The van der Waals surface area contributed by atoms with Crippen molar-refractivity contribution in [2.75, 3.05) is 31.6 Å². The van der Waals surface area contributed by atoms with E-state index in [4.69, 9.17) is 10.5 Å². The van der Waals surface area contributed by atoms with E-state index in [1.807, 2.05) is 18.9 Å². The Hall–Kier alpha value is -1.36. The van der Waals surface area contributed by atoms with Gasteiger partial charge in [0.15, 0.2) is 0 Å². The van der Waals surface area contributed by atoms with Gasteiger partial charge in [-0.15, -0.1) is 0 Å². The number of hydrogen-bond donors (Lipinski definition) is 1. The lowest BCUT2D eigenvalue weighted by Gasteiger charge is -2.28. The quantitative estimate of drug-likeness (QED) is 0.809. The van der Waals surface area contributed by atoms with Gasteiger partial charge >= 0.3 is 0 Å². The smallest absolute Gasteiger partial charge is 0.228 e. The van der Waals surface area contributed by atoms with Crippen molar-refractivity contribution >= 4 is 5.95 Å². The summed E-state index contributed by atoms with van der Waals surface area (Å²) < 4.78 is 5.35. The molecule has 2 N–H and O–H groups in total. The normalized spacial score (nSPS) is 11.4. The third-order valence-corrected chi connectivity index (χ3v) is 2.47. The molecule has 1 rings (SSSR count). The maximum absolute atomic E-state index is 5.72. The zero-order valence-corrected chi connectivity index (χ0v) is 11.1. The fraction of sp³-hybridized carbons (Fsp3) is 0.667. The highest BCUT2D eigenvalue weighted by Gasteiger charge is 2.19. The van der Waals surface area contributed by atoms with E-state index in [1.165, 1.54) is 0 Å². The molecule has 17 heavy (non-hydrogen) atoms. The van der Waals surface area contributed by atoms with Gasteiger partial charge in [-0.05, 0) is 18.9 Å². The molecule has 0 spiro atoms. The maximum Gasteiger partial charge on any atom is 0.228 e. The van der Waals surface area contributed by atoms with E-state index in [-0.39, 0.29) is 5.41 Å². The van der Waals surface area contributed by atoms with Crippen molar-refractivity contribution in [1.29, 1.82) is 0 Å². The molecule has 0 aromatic carbocycles. The van der Waals surface area contributed by atoms with Gasteiger partial charge in [-0.3, -0.25) is 0 Å². The van der Waals surface area contributed by atoms with Crippen molar-refractivity contribution in [3.8, 4) is 5.88 Å². The van der Waals surface area contributed by atoms with Gasteiger partial charge in [0.05, 0.1) is 6.61 Å². The molecule has 0 saturated heterocycles. The molecule has 1 aromatic rings. The summed E-state index contributed by atoms with van der Waals surface area (Å²) in [6, 6.07) is 1.76. The molecule has 0 bridgehead atoms. The molecule has 0 aliphatic rings. The fourth-order valence-electron chi connectivity index (χ4n) is 1.52.